The Kier molecular flexibility index (Phi) is 5.77. The van der Waals surface area contributed by atoms with Gasteiger partial charge in [0.25, 0.3) is 5.78 Å². The van der Waals surface area contributed by atoms with Crippen LogP contribution in [0.3, 0.4) is 0 Å². The van der Waals surface area contributed by atoms with E-state index in [-0.39, 0.29) is 24.3 Å². The zero-order valence-corrected chi connectivity index (χ0v) is 17.5. The summed E-state index contributed by atoms with van der Waals surface area (Å²) in [6.07, 6.45) is 0.134. The standard InChI is InChI=1S/C22H29N5O/c1-13(2)17-7-9-18(10-8-17)21(14(3)4)25-20(28)12-19-24-22-23-15(5)11-16(6)27(22)26-19/h7-11,13-14,21H,12H2,1-6H3,(H,25,28)/t21-/m1/s1. The number of carbonyl (C=O) groups is 1. The summed E-state index contributed by atoms with van der Waals surface area (Å²) in [4.78, 5) is 21.5. The average Bonchev–Trinajstić information content (AvgIpc) is 3.02. The lowest BCUT2D eigenvalue weighted by Crippen LogP contribution is -2.33. The number of aromatic nitrogens is 4. The van der Waals surface area contributed by atoms with E-state index in [4.69, 9.17) is 0 Å². The van der Waals surface area contributed by atoms with Gasteiger partial charge in [0, 0.05) is 11.4 Å². The molecule has 6 nitrogen and oxygen atoms in total. The molecule has 28 heavy (non-hydrogen) atoms. The van der Waals surface area contributed by atoms with E-state index >= 15 is 0 Å². The topological polar surface area (TPSA) is 72.2 Å². The van der Waals surface area contributed by atoms with Crippen molar-refractivity contribution >= 4 is 11.7 Å². The second kappa shape index (κ2) is 8.09. The molecule has 3 rings (SSSR count). The Hall–Kier alpha value is -2.76. The zero-order valence-electron chi connectivity index (χ0n) is 17.5. The van der Waals surface area contributed by atoms with Crippen molar-refractivity contribution in [2.24, 2.45) is 5.92 Å². The van der Waals surface area contributed by atoms with Crippen molar-refractivity contribution in [1.82, 2.24) is 24.9 Å². The number of fused-ring (bicyclic) bond motifs is 1. The van der Waals surface area contributed by atoms with Crippen LogP contribution in [0, 0.1) is 19.8 Å². The van der Waals surface area contributed by atoms with Crippen LogP contribution in [0.5, 0.6) is 0 Å². The van der Waals surface area contributed by atoms with E-state index in [1.54, 1.807) is 4.52 Å². The molecule has 148 valence electrons. The number of carbonyl (C=O) groups excluding carboxylic acids is 1. The molecular formula is C22H29N5O. The maximum atomic E-state index is 12.7. The smallest absolute Gasteiger partial charge is 0.252 e. The quantitative estimate of drug-likeness (QED) is 0.704. The molecule has 0 saturated carbocycles. The highest BCUT2D eigenvalue weighted by Gasteiger charge is 2.20. The van der Waals surface area contributed by atoms with Crippen LogP contribution in [0.15, 0.2) is 30.3 Å². The van der Waals surface area contributed by atoms with Gasteiger partial charge in [0.15, 0.2) is 5.82 Å². The first-order valence-corrected chi connectivity index (χ1v) is 9.83. The third-order valence-electron chi connectivity index (χ3n) is 4.93. The van der Waals surface area contributed by atoms with Gasteiger partial charge < -0.3 is 5.32 Å². The van der Waals surface area contributed by atoms with E-state index in [2.05, 4.69) is 72.3 Å². The van der Waals surface area contributed by atoms with E-state index < -0.39 is 0 Å². The molecule has 2 heterocycles. The molecule has 1 amide bonds. The fraction of sp³-hybridized carbons (Fsp3) is 0.455. The number of amides is 1. The van der Waals surface area contributed by atoms with Crippen molar-refractivity contribution in [3.63, 3.8) is 0 Å². The number of aryl methyl sites for hydroxylation is 2. The number of rotatable bonds is 6. The maximum absolute atomic E-state index is 12.7. The molecule has 0 bridgehead atoms. The Morgan fingerprint density at radius 3 is 2.29 bits per heavy atom. The van der Waals surface area contributed by atoms with Gasteiger partial charge in [-0.2, -0.15) is 4.98 Å². The van der Waals surface area contributed by atoms with Crippen LogP contribution < -0.4 is 5.32 Å². The van der Waals surface area contributed by atoms with E-state index in [1.165, 1.54) is 5.56 Å². The predicted octanol–water partition coefficient (Wildman–Crippen LogP) is 3.92. The molecule has 1 aromatic carbocycles. The summed E-state index contributed by atoms with van der Waals surface area (Å²) < 4.78 is 1.68. The lowest BCUT2D eigenvalue weighted by molar-refractivity contribution is -0.121. The fourth-order valence-electron chi connectivity index (χ4n) is 3.37. The second-order valence-electron chi connectivity index (χ2n) is 8.07. The SMILES string of the molecule is Cc1cc(C)n2nc(CC(=O)N[C@@H](c3ccc(C(C)C)cc3)C(C)C)nc2n1. The first-order valence-electron chi connectivity index (χ1n) is 9.83. The normalized spacial score (nSPS) is 12.7. The summed E-state index contributed by atoms with van der Waals surface area (Å²) in [5, 5.41) is 7.58. The fourth-order valence-corrected chi connectivity index (χ4v) is 3.37. The second-order valence-corrected chi connectivity index (χ2v) is 8.07. The van der Waals surface area contributed by atoms with Crippen LogP contribution in [-0.2, 0) is 11.2 Å². The molecule has 0 radical (unpaired) electrons. The van der Waals surface area contributed by atoms with Crippen LogP contribution >= 0.6 is 0 Å². The van der Waals surface area contributed by atoms with Crippen LogP contribution in [0.1, 0.15) is 68.0 Å². The molecule has 1 atom stereocenters. The monoisotopic (exact) mass is 379 g/mol. The largest absolute Gasteiger partial charge is 0.349 e. The van der Waals surface area contributed by atoms with Crippen molar-refractivity contribution in [2.75, 3.05) is 0 Å². The van der Waals surface area contributed by atoms with E-state index in [9.17, 15) is 4.79 Å². The van der Waals surface area contributed by atoms with Crippen molar-refractivity contribution in [2.45, 2.75) is 59.9 Å². The molecule has 6 heteroatoms. The molecule has 3 aromatic rings. The van der Waals surface area contributed by atoms with Crippen LogP contribution in [0.25, 0.3) is 5.78 Å². The van der Waals surface area contributed by atoms with Crippen molar-refractivity contribution in [1.29, 1.82) is 0 Å². The third kappa shape index (κ3) is 4.38. The number of nitrogens with zero attached hydrogens (tertiary/aromatic N) is 4. The highest BCUT2D eigenvalue weighted by molar-refractivity contribution is 5.78. The number of benzene rings is 1. The van der Waals surface area contributed by atoms with Crippen molar-refractivity contribution in [3.05, 3.63) is 58.7 Å². The molecule has 0 spiro atoms. The van der Waals surface area contributed by atoms with Crippen molar-refractivity contribution < 1.29 is 4.79 Å². The Morgan fingerprint density at radius 2 is 1.68 bits per heavy atom. The minimum absolute atomic E-state index is 0.0483. The summed E-state index contributed by atoms with van der Waals surface area (Å²) in [6, 6.07) is 10.4. The Bertz CT molecular complexity index is 973. The lowest BCUT2D eigenvalue weighted by Gasteiger charge is -2.23. The van der Waals surface area contributed by atoms with E-state index in [0.29, 0.717) is 17.5 Å². The van der Waals surface area contributed by atoms with Gasteiger partial charge in [0.1, 0.15) is 0 Å². The Labute approximate surface area is 166 Å². The molecule has 2 aromatic heterocycles. The van der Waals surface area contributed by atoms with Crippen LogP contribution in [0.2, 0.25) is 0 Å². The summed E-state index contributed by atoms with van der Waals surface area (Å²) in [7, 11) is 0. The summed E-state index contributed by atoms with van der Waals surface area (Å²) in [5.74, 6) is 1.69. The summed E-state index contributed by atoms with van der Waals surface area (Å²) in [5.41, 5.74) is 4.25. The van der Waals surface area contributed by atoms with Gasteiger partial charge in [-0.25, -0.2) is 9.50 Å². The first-order chi connectivity index (χ1) is 13.2. The highest BCUT2D eigenvalue weighted by Crippen LogP contribution is 2.24. The lowest BCUT2D eigenvalue weighted by atomic mass is 9.93. The third-order valence-corrected chi connectivity index (χ3v) is 4.93. The zero-order chi connectivity index (χ0) is 20.4. The van der Waals surface area contributed by atoms with Crippen LogP contribution in [-0.4, -0.2) is 25.5 Å². The maximum Gasteiger partial charge on any atom is 0.252 e. The van der Waals surface area contributed by atoms with Gasteiger partial charge in [0.2, 0.25) is 5.91 Å². The van der Waals surface area contributed by atoms with E-state index in [0.717, 1.165) is 17.0 Å². The first kappa shape index (κ1) is 20.0. The molecule has 0 unspecified atom stereocenters. The highest BCUT2D eigenvalue weighted by atomic mass is 16.1. The summed E-state index contributed by atoms with van der Waals surface area (Å²) >= 11 is 0. The number of nitrogens with one attached hydrogen (secondary N) is 1. The predicted molar refractivity (Wildman–Crippen MR) is 110 cm³/mol. The van der Waals surface area contributed by atoms with E-state index in [1.807, 2.05) is 19.9 Å². The van der Waals surface area contributed by atoms with Gasteiger partial charge in [0.05, 0.1) is 12.5 Å². The van der Waals surface area contributed by atoms with Gasteiger partial charge in [-0.05, 0) is 42.9 Å². The van der Waals surface area contributed by atoms with Gasteiger partial charge >= 0.3 is 0 Å². The molecular weight excluding hydrogens is 350 g/mol. The van der Waals surface area contributed by atoms with Gasteiger partial charge in [-0.15, -0.1) is 5.10 Å². The van der Waals surface area contributed by atoms with Gasteiger partial charge in [-0.3, -0.25) is 4.79 Å². The molecule has 0 saturated heterocycles. The number of hydrogen-bond donors (Lipinski definition) is 1. The molecule has 0 aliphatic carbocycles. The minimum Gasteiger partial charge on any atom is -0.349 e. The Balaban J connectivity index is 1.75. The molecule has 0 fully saturated rings. The van der Waals surface area contributed by atoms with Crippen LogP contribution in [0.4, 0.5) is 0 Å². The molecule has 0 aliphatic heterocycles. The minimum atomic E-state index is -0.0862. The Morgan fingerprint density at radius 1 is 1.04 bits per heavy atom. The van der Waals surface area contributed by atoms with Crippen molar-refractivity contribution in [3.8, 4) is 0 Å². The average molecular weight is 380 g/mol. The summed E-state index contributed by atoms with van der Waals surface area (Å²) in [6.45, 7) is 12.5. The van der Waals surface area contributed by atoms with Gasteiger partial charge in [-0.1, -0.05) is 52.0 Å². The molecule has 1 N–H and O–H groups in total. The molecule has 0 aliphatic rings. The number of hydrogen-bond acceptors (Lipinski definition) is 4.